The van der Waals surface area contributed by atoms with Gasteiger partial charge in [-0.15, -0.1) is 0 Å². The van der Waals surface area contributed by atoms with E-state index in [9.17, 15) is 18.0 Å². The molecule has 1 aliphatic heterocycles. The van der Waals surface area contributed by atoms with Crippen molar-refractivity contribution in [3.8, 4) is 5.88 Å². The van der Waals surface area contributed by atoms with Crippen LogP contribution in [0, 0.1) is 0 Å². The molecule has 0 bridgehead atoms. The first kappa shape index (κ1) is 22.8. The van der Waals surface area contributed by atoms with Crippen molar-refractivity contribution in [3.05, 3.63) is 89.6 Å². The number of rotatable bonds is 6. The minimum Gasteiger partial charge on any atom is -0.473 e. The zero-order valence-corrected chi connectivity index (χ0v) is 17.8. The normalized spacial score (nSPS) is 15.6. The van der Waals surface area contributed by atoms with Crippen LogP contribution in [0.15, 0.2) is 72.9 Å². The third kappa shape index (κ3) is 5.34. The number of nitrogens with zero attached hydrogens (tertiary/aromatic N) is 1. The number of halogens is 3. The Kier molecular flexibility index (Phi) is 6.65. The van der Waals surface area contributed by atoms with Crippen molar-refractivity contribution >= 4 is 11.6 Å². The minimum absolute atomic E-state index is 0.284. The molecule has 3 aromatic rings. The minimum atomic E-state index is -4.49. The summed E-state index contributed by atoms with van der Waals surface area (Å²) in [6.45, 7) is 0.931. The average molecular weight is 456 g/mol. The van der Waals surface area contributed by atoms with Crippen LogP contribution in [-0.4, -0.2) is 24.1 Å². The van der Waals surface area contributed by atoms with Crippen molar-refractivity contribution in [3.63, 3.8) is 0 Å². The number of ether oxygens (including phenoxy) is 2. The molecule has 4 rings (SSSR count). The Morgan fingerprint density at radius 1 is 1.03 bits per heavy atom. The van der Waals surface area contributed by atoms with E-state index in [1.807, 2.05) is 30.3 Å². The van der Waals surface area contributed by atoms with Crippen molar-refractivity contribution in [2.75, 3.05) is 18.5 Å². The Morgan fingerprint density at radius 2 is 1.79 bits per heavy atom. The molecule has 2 heterocycles. The summed E-state index contributed by atoms with van der Waals surface area (Å²) in [5, 5.41) is 2.82. The van der Waals surface area contributed by atoms with E-state index >= 15 is 0 Å². The zero-order chi connectivity index (χ0) is 23.3. The molecule has 2 aromatic carbocycles. The number of benzene rings is 2. The van der Waals surface area contributed by atoms with Crippen LogP contribution in [0.25, 0.3) is 0 Å². The molecule has 33 heavy (non-hydrogen) atoms. The van der Waals surface area contributed by atoms with Gasteiger partial charge in [0.1, 0.15) is 6.61 Å². The van der Waals surface area contributed by atoms with Gasteiger partial charge in [-0.3, -0.25) is 4.79 Å². The SMILES string of the molecule is O=C(Nc1ccc(OCc2ccccc2)nc1)C1(c2cccc(C(F)(F)F)c2)CCOCC1. The molecule has 1 aliphatic rings. The summed E-state index contributed by atoms with van der Waals surface area (Å²) in [7, 11) is 0. The largest absolute Gasteiger partial charge is 0.473 e. The Morgan fingerprint density at radius 3 is 2.45 bits per heavy atom. The molecule has 5 nitrogen and oxygen atoms in total. The maximum absolute atomic E-state index is 13.3. The zero-order valence-electron chi connectivity index (χ0n) is 17.8. The lowest BCUT2D eigenvalue weighted by Crippen LogP contribution is -2.45. The third-order valence-corrected chi connectivity index (χ3v) is 5.75. The number of pyridine rings is 1. The lowest BCUT2D eigenvalue weighted by molar-refractivity contribution is -0.138. The lowest BCUT2D eigenvalue weighted by atomic mass is 9.73. The predicted octanol–water partition coefficient (Wildman–Crippen LogP) is 5.37. The van der Waals surface area contributed by atoms with Gasteiger partial charge < -0.3 is 14.8 Å². The summed E-state index contributed by atoms with van der Waals surface area (Å²) in [5.41, 5.74) is -0.139. The number of carbonyl (C=O) groups excluding carboxylic acids is 1. The summed E-state index contributed by atoms with van der Waals surface area (Å²) >= 11 is 0. The van der Waals surface area contributed by atoms with Crippen LogP contribution in [-0.2, 0) is 27.7 Å². The van der Waals surface area contributed by atoms with Gasteiger partial charge in [0.25, 0.3) is 0 Å². The molecule has 0 unspecified atom stereocenters. The third-order valence-electron chi connectivity index (χ3n) is 5.75. The van der Waals surface area contributed by atoms with E-state index in [1.54, 1.807) is 18.2 Å². The average Bonchev–Trinajstić information content (AvgIpc) is 2.84. The van der Waals surface area contributed by atoms with Crippen LogP contribution >= 0.6 is 0 Å². The van der Waals surface area contributed by atoms with E-state index in [0.717, 1.165) is 17.7 Å². The number of carbonyl (C=O) groups is 1. The molecule has 0 aliphatic carbocycles. The highest BCUT2D eigenvalue weighted by Crippen LogP contribution is 2.39. The van der Waals surface area contributed by atoms with Gasteiger partial charge >= 0.3 is 6.18 Å². The first-order valence-corrected chi connectivity index (χ1v) is 10.6. The van der Waals surface area contributed by atoms with Crippen molar-refractivity contribution in [2.45, 2.75) is 31.0 Å². The smallest absolute Gasteiger partial charge is 0.416 e. The second kappa shape index (κ2) is 9.62. The van der Waals surface area contributed by atoms with Gasteiger partial charge in [-0.05, 0) is 36.1 Å². The van der Waals surface area contributed by atoms with Gasteiger partial charge in [-0.25, -0.2) is 4.98 Å². The van der Waals surface area contributed by atoms with Crippen LogP contribution in [0.1, 0.15) is 29.5 Å². The highest BCUT2D eigenvalue weighted by molar-refractivity contribution is 5.99. The van der Waals surface area contributed by atoms with Crippen LogP contribution in [0.3, 0.4) is 0 Å². The van der Waals surface area contributed by atoms with Crippen LogP contribution in [0.5, 0.6) is 5.88 Å². The molecular formula is C25H23F3N2O3. The number of nitrogens with one attached hydrogen (secondary N) is 1. The van der Waals surface area contributed by atoms with E-state index in [1.165, 1.54) is 12.3 Å². The molecule has 1 aromatic heterocycles. The molecule has 0 saturated carbocycles. The predicted molar refractivity (Wildman–Crippen MR) is 117 cm³/mol. The number of alkyl halides is 3. The lowest BCUT2D eigenvalue weighted by Gasteiger charge is -2.36. The second-order valence-corrected chi connectivity index (χ2v) is 7.89. The maximum Gasteiger partial charge on any atom is 0.416 e. The fraction of sp³-hybridized carbons (Fsp3) is 0.280. The van der Waals surface area contributed by atoms with E-state index in [4.69, 9.17) is 9.47 Å². The fourth-order valence-corrected chi connectivity index (χ4v) is 3.88. The van der Waals surface area contributed by atoms with Gasteiger partial charge in [-0.1, -0.05) is 48.5 Å². The van der Waals surface area contributed by atoms with E-state index in [-0.39, 0.29) is 32.0 Å². The molecule has 0 spiro atoms. The van der Waals surface area contributed by atoms with Gasteiger partial charge in [0.05, 0.1) is 22.9 Å². The monoisotopic (exact) mass is 456 g/mol. The van der Waals surface area contributed by atoms with Gasteiger partial charge in [0.15, 0.2) is 0 Å². The molecule has 172 valence electrons. The molecule has 8 heteroatoms. The Hall–Kier alpha value is -3.39. The molecule has 1 N–H and O–H groups in total. The molecule has 1 saturated heterocycles. The van der Waals surface area contributed by atoms with Crippen molar-refractivity contribution in [1.29, 1.82) is 0 Å². The summed E-state index contributed by atoms with van der Waals surface area (Å²) in [6, 6.07) is 17.9. The molecule has 0 radical (unpaired) electrons. The van der Waals surface area contributed by atoms with E-state index in [2.05, 4.69) is 10.3 Å². The van der Waals surface area contributed by atoms with Gasteiger partial charge in [-0.2, -0.15) is 13.2 Å². The first-order chi connectivity index (χ1) is 15.9. The second-order valence-electron chi connectivity index (χ2n) is 7.89. The summed E-state index contributed by atoms with van der Waals surface area (Å²) in [4.78, 5) is 17.6. The summed E-state index contributed by atoms with van der Waals surface area (Å²) in [5.74, 6) is 0.0142. The molecule has 0 atom stereocenters. The van der Waals surface area contributed by atoms with Gasteiger partial charge in [0.2, 0.25) is 11.8 Å². The summed E-state index contributed by atoms with van der Waals surface area (Å²) < 4.78 is 50.9. The molecule has 1 amide bonds. The van der Waals surface area contributed by atoms with Crippen molar-refractivity contribution in [1.82, 2.24) is 4.98 Å². The van der Waals surface area contributed by atoms with Crippen LogP contribution in [0.2, 0.25) is 0 Å². The van der Waals surface area contributed by atoms with Crippen LogP contribution < -0.4 is 10.1 Å². The Balaban J connectivity index is 1.50. The van der Waals surface area contributed by atoms with Crippen LogP contribution in [0.4, 0.5) is 18.9 Å². The number of hydrogen-bond acceptors (Lipinski definition) is 4. The number of amides is 1. The Bertz CT molecular complexity index is 1080. The maximum atomic E-state index is 13.3. The molecular weight excluding hydrogens is 433 g/mol. The highest BCUT2D eigenvalue weighted by Gasteiger charge is 2.43. The first-order valence-electron chi connectivity index (χ1n) is 10.6. The standard InChI is InChI=1S/C25H23F3N2O3/c26-25(27,28)20-8-4-7-19(15-20)24(11-13-32-14-12-24)23(31)30-21-9-10-22(29-16-21)33-17-18-5-2-1-3-6-18/h1-10,15-16H,11-14,17H2,(H,30,31). The quantitative estimate of drug-likeness (QED) is 0.542. The highest BCUT2D eigenvalue weighted by atomic mass is 19.4. The van der Waals surface area contributed by atoms with Crippen molar-refractivity contribution < 1.29 is 27.4 Å². The number of anilines is 1. The number of aromatic nitrogens is 1. The molecule has 1 fully saturated rings. The van der Waals surface area contributed by atoms with E-state index < -0.39 is 17.2 Å². The number of hydrogen-bond donors (Lipinski definition) is 1. The van der Waals surface area contributed by atoms with E-state index in [0.29, 0.717) is 23.7 Å². The fourth-order valence-electron chi connectivity index (χ4n) is 3.88. The Labute approximate surface area is 189 Å². The summed E-state index contributed by atoms with van der Waals surface area (Å²) in [6.07, 6.45) is -2.45. The van der Waals surface area contributed by atoms with Crippen molar-refractivity contribution in [2.24, 2.45) is 0 Å². The topological polar surface area (TPSA) is 60.5 Å². The van der Waals surface area contributed by atoms with Gasteiger partial charge in [0, 0.05) is 19.3 Å².